The van der Waals surface area contributed by atoms with Crippen LogP contribution in [-0.2, 0) is 10.5 Å². The molecule has 4 heteroatoms. The number of piperidine rings is 1. The lowest BCUT2D eigenvalue weighted by atomic mass is 9.92. The van der Waals surface area contributed by atoms with Crippen LogP contribution in [0, 0.1) is 11.8 Å². The zero-order valence-electron chi connectivity index (χ0n) is 13.0. The van der Waals surface area contributed by atoms with E-state index < -0.39 is 0 Å². The topological polar surface area (TPSA) is 20.3 Å². The van der Waals surface area contributed by atoms with Crippen molar-refractivity contribution in [2.24, 2.45) is 11.8 Å². The first kappa shape index (κ1) is 16.7. The Balaban J connectivity index is 1.86. The Morgan fingerprint density at radius 3 is 2.43 bits per heavy atom. The van der Waals surface area contributed by atoms with E-state index in [-0.39, 0.29) is 11.2 Å². The molecule has 1 amide bonds. The molecule has 1 saturated heterocycles. The Bertz CT molecular complexity index is 466. The second-order valence-electron chi connectivity index (χ2n) is 6.27. The minimum atomic E-state index is 0.0122. The maximum atomic E-state index is 12.5. The minimum Gasteiger partial charge on any atom is -0.341 e. The fourth-order valence-electron chi connectivity index (χ4n) is 2.97. The third-order valence-electron chi connectivity index (χ3n) is 3.94. The normalized spacial score (nSPS) is 23.9. The van der Waals surface area contributed by atoms with Crippen LogP contribution in [0.25, 0.3) is 0 Å². The molecule has 3 unspecified atom stereocenters. The Morgan fingerprint density at radius 1 is 1.29 bits per heavy atom. The monoisotopic (exact) mass is 325 g/mol. The number of hydrogen-bond acceptors (Lipinski definition) is 2. The van der Waals surface area contributed by atoms with Gasteiger partial charge < -0.3 is 4.90 Å². The highest BCUT2D eigenvalue weighted by atomic mass is 35.5. The number of halogens is 1. The summed E-state index contributed by atoms with van der Waals surface area (Å²) in [5.41, 5.74) is 1.21. The molecule has 1 aromatic rings. The molecule has 0 N–H and O–H groups in total. The zero-order valence-corrected chi connectivity index (χ0v) is 14.6. The highest BCUT2D eigenvalue weighted by Crippen LogP contribution is 2.25. The Kier molecular flexibility index (Phi) is 6.00. The average molecular weight is 326 g/mol. The zero-order chi connectivity index (χ0) is 15.4. The van der Waals surface area contributed by atoms with Gasteiger partial charge in [-0.2, -0.15) is 0 Å². The number of thioether (sulfide) groups is 1. The molecule has 1 aromatic carbocycles. The van der Waals surface area contributed by atoms with Gasteiger partial charge in [-0.1, -0.05) is 37.6 Å². The number of rotatable bonds is 4. The number of carbonyl (C=O) groups is 1. The van der Waals surface area contributed by atoms with Crippen molar-refractivity contribution in [2.45, 2.75) is 38.2 Å². The molecular weight excluding hydrogens is 302 g/mol. The second kappa shape index (κ2) is 7.55. The molecule has 0 radical (unpaired) electrons. The number of benzene rings is 1. The molecule has 3 atom stereocenters. The molecule has 1 aliphatic rings. The molecule has 2 rings (SSSR count). The average Bonchev–Trinajstić information content (AvgIpc) is 2.44. The Labute approximate surface area is 137 Å². The van der Waals surface area contributed by atoms with Crippen LogP contribution < -0.4 is 0 Å². The smallest absolute Gasteiger partial charge is 0.235 e. The van der Waals surface area contributed by atoms with Gasteiger partial charge in [0, 0.05) is 23.9 Å². The van der Waals surface area contributed by atoms with E-state index in [0.717, 1.165) is 23.9 Å². The first-order chi connectivity index (χ1) is 9.95. The lowest BCUT2D eigenvalue weighted by Crippen LogP contribution is -2.45. The van der Waals surface area contributed by atoms with E-state index in [0.29, 0.717) is 11.8 Å². The van der Waals surface area contributed by atoms with Crippen LogP contribution in [-0.4, -0.2) is 29.1 Å². The van der Waals surface area contributed by atoms with Gasteiger partial charge in [-0.05, 0) is 42.9 Å². The van der Waals surface area contributed by atoms with E-state index in [2.05, 4.69) is 18.7 Å². The molecule has 1 fully saturated rings. The molecule has 0 bridgehead atoms. The summed E-state index contributed by atoms with van der Waals surface area (Å²) >= 11 is 7.59. The predicted octanol–water partition coefficient (Wildman–Crippen LogP) is 4.47. The molecule has 2 nitrogen and oxygen atoms in total. The SMILES string of the molecule is CC1CC(C)CN(C(=O)C(C)SCc2ccc(Cl)cc2)C1. The van der Waals surface area contributed by atoms with Gasteiger partial charge in [0.15, 0.2) is 0 Å². The lowest BCUT2D eigenvalue weighted by molar-refractivity contribution is -0.132. The van der Waals surface area contributed by atoms with Crippen molar-refractivity contribution < 1.29 is 4.79 Å². The molecule has 0 aromatic heterocycles. The molecule has 1 heterocycles. The van der Waals surface area contributed by atoms with E-state index in [9.17, 15) is 4.79 Å². The molecule has 116 valence electrons. The van der Waals surface area contributed by atoms with E-state index in [1.54, 1.807) is 11.8 Å². The molecule has 0 aliphatic carbocycles. The van der Waals surface area contributed by atoms with Crippen molar-refractivity contribution in [3.8, 4) is 0 Å². The number of nitrogens with zero attached hydrogens (tertiary/aromatic N) is 1. The van der Waals surface area contributed by atoms with Crippen molar-refractivity contribution in [2.75, 3.05) is 13.1 Å². The van der Waals surface area contributed by atoms with Crippen molar-refractivity contribution in [3.05, 3.63) is 34.9 Å². The maximum absolute atomic E-state index is 12.5. The molecule has 0 spiro atoms. The highest BCUT2D eigenvalue weighted by molar-refractivity contribution is 7.99. The third kappa shape index (κ3) is 4.93. The van der Waals surface area contributed by atoms with Crippen LogP contribution >= 0.6 is 23.4 Å². The van der Waals surface area contributed by atoms with Crippen LogP contribution in [0.3, 0.4) is 0 Å². The van der Waals surface area contributed by atoms with E-state index >= 15 is 0 Å². The van der Waals surface area contributed by atoms with Gasteiger partial charge in [-0.3, -0.25) is 4.79 Å². The fourth-order valence-corrected chi connectivity index (χ4v) is 4.03. The number of hydrogen-bond donors (Lipinski definition) is 0. The summed E-state index contributed by atoms with van der Waals surface area (Å²) in [7, 11) is 0. The van der Waals surface area contributed by atoms with Crippen molar-refractivity contribution in [1.82, 2.24) is 4.90 Å². The van der Waals surface area contributed by atoms with Crippen molar-refractivity contribution in [1.29, 1.82) is 0 Å². The van der Waals surface area contributed by atoms with Gasteiger partial charge in [0.1, 0.15) is 0 Å². The summed E-state index contributed by atoms with van der Waals surface area (Å²) in [6.07, 6.45) is 1.23. The summed E-state index contributed by atoms with van der Waals surface area (Å²) in [5, 5.41) is 0.766. The first-order valence-corrected chi connectivity index (χ1v) is 9.03. The predicted molar refractivity (Wildman–Crippen MR) is 91.7 cm³/mol. The van der Waals surface area contributed by atoms with Gasteiger partial charge in [0.2, 0.25) is 5.91 Å². The molecule has 1 aliphatic heterocycles. The largest absolute Gasteiger partial charge is 0.341 e. The van der Waals surface area contributed by atoms with Gasteiger partial charge in [0.05, 0.1) is 5.25 Å². The number of amides is 1. The maximum Gasteiger partial charge on any atom is 0.235 e. The van der Waals surface area contributed by atoms with Gasteiger partial charge in [-0.15, -0.1) is 11.8 Å². The number of likely N-dealkylation sites (tertiary alicyclic amines) is 1. The standard InChI is InChI=1S/C17H24ClNOS/c1-12-8-13(2)10-19(9-12)17(20)14(3)21-11-15-4-6-16(18)7-5-15/h4-7,12-14H,8-11H2,1-3H3. The quantitative estimate of drug-likeness (QED) is 0.814. The van der Waals surface area contributed by atoms with E-state index in [1.165, 1.54) is 12.0 Å². The van der Waals surface area contributed by atoms with Crippen LogP contribution in [0.5, 0.6) is 0 Å². The highest BCUT2D eigenvalue weighted by Gasteiger charge is 2.28. The van der Waals surface area contributed by atoms with Crippen LogP contribution in [0.4, 0.5) is 0 Å². The summed E-state index contributed by atoms with van der Waals surface area (Å²) in [6.45, 7) is 8.32. The second-order valence-corrected chi connectivity index (χ2v) is 8.03. The van der Waals surface area contributed by atoms with Crippen LogP contribution in [0.15, 0.2) is 24.3 Å². The summed E-state index contributed by atoms with van der Waals surface area (Å²) in [4.78, 5) is 14.6. The summed E-state index contributed by atoms with van der Waals surface area (Å²) in [5.74, 6) is 2.37. The van der Waals surface area contributed by atoms with E-state index in [4.69, 9.17) is 11.6 Å². The van der Waals surface area contributed by atoms with Crippen LogP contribution in [0.1, 0.15) is 32.8 Å². The van der Waals surface area contributed by atoms with Crippen LogP contribution in [0.2, 0.25) is 5.02 Å². The van der Waals surface area contributed by atoms with E-state index in [1.807, 2.05) is 31.2 Å². The van der Waals surface area contributed by atoms with Crippen molar-refractivity contribution in [3.63, 3.8) is 0 Å². The third-order valence-corrected chi connectivity index (χ3v) is 5.40. The van der Waals surface area contributed by atoms with Gasteiger partial charge in [-0.25, -0.2) is 0 Å². The lowest BCUT2D eigenvalue weighted by Gasteiger charge is -2.36. The molecular formula is C17H24ClNOS. The Hall–Kier alpha value is -0.670. The first-order valence-electron chi connectivity index (χ1n) is 7.60. The summed E-state index contributed by atoms with van der Waals surface area (Å²) < 4.78 is 0. The van der Waals surface area contributed by atoms with Gasteiger partial charge in [0.25, 0.3) is 0 Å². The molecule has 0 saturated carbocycles. The molecule has 21 heavy (non-hydrogen) atoms. The fraction of sp³-hybridized carbons (Fsp3) is 0.588. The van der Waals surface area contributed by atoms with Gasteiger partial charge >= 0.3 is 0 Å². The number of carbonyl (C=O) groups excluding carboxylic acids is 1. The minimum absolute atomic E-state index is 0.0122. The summed E-state index contributed by atoms with van der Waals surface area (Å²) in [6, 6.07) is 7.85. The van der Waals surface area contributed by atoms with Crippen molar-refractivity contribution >= 4 is 29.3 Å². The Morgan fingerprint density at radius 2 is 1.86 bits per heavy atom.